The van der Waals surface area contributed by atoms with Gasteiger partial charge in [0.05, 0.1) is 54.3 Å². The molecule has 0 aliphatic carbocycles. The number of methoxy groups -OCH3 is 1. The minimum Gasteiger partial charge on any atom is -0.494 e. The lowest BCUT2D eigenvalue weighted by Crippen LogP contribution is -2.54. The zero-order valence-electron chi connectivity index (χ0n) is 36.2. The maximum absolute atomic E-state index is 13.4. The normalized spacial score (nSPS) is 18.6. The second-order valence-electron chi connectivity index (χ2n) is 16.5. The van der Waals surface area contributed by atoms with Gasteiger partial charge in [-0.15, -0.1) is 0 Å². The van der Waals surface area contributed by atoms with Crippen molar-refractivity contribution in [3.05, 3.63) is 83.0 Å². The number of carbonyl (C=O) groups is 5. The maximum Gasteiger partial charge on any atom is 0.264 e. The molecule has 0 bridgehead atoms. The summed E-state index contributed by atoms with van der Waals surface area (Å²) in [6.45, 7) is 5.94. The van der Waals surface area contributed by atoms with Gasteiger partial charge in [-0.25, -0.2) is 13.4 Å². The highest BCUT2D eigenvalue weighted by molar-refractivity contribution is 7.92. The Morgan fingerprint density at radius 3 is 2.32 bits per heavy atom. The zero-order chi connectivity index (χ0) is 46.0. The van der Waals surface area contributed by atoms with Crippen molar-refractivity contribution in [2.24, 2.45) is 5.92 Å². The molecule has 4 aromatic rings. The molecule has 4 aliphatic heterocycles. The highest BCUT2D eigenvalue weighted by Crippen LogP contribution is 2.35. The molecular formula is C44H50ClN11O8S. The molecule has 21 heteroatoms. The van der Waals surface area contributed by atoms with E-state index in [-0.39, 0.29) is 42.1 Å². The number of benzene rings is 3. The topological polar surface area (TPSA) is 219 Å². The molecule has 65 heavy (non-hydrogen) atoms. The lowest BCUT2D eigenvalue weighted by atomic mass is 9.95. The second-order valence-corrected chi connectivity index (χ2v) is 19.0. The Bertz CT molecular complexity index is 2620. The quantitative estimate of drug-likeness (QED) is 0.132. The first-order valence-corrected chi connectivity index (χ1v) is 23.5. The summed E-state index contributed by atoms with van der Waals surface area (Å²) in [6.07, 6.45) is 4.76. The van der Waals surface area contributed by atoms with Crippen molar-refractivity contribution in [2.75, 3.05) is 97.9 Å². The number of ether oxygens (including phenoxy) is 1. The molecule has 3 fully saturated rings. The molecule has 0 spiro atoms. The van der Waals surface area contributed by atoms with Crippen LogP contribution in [0.25, 0.3) is 0 Å². The van der Waals surface area contributed by atoms with Crippen molar-refractivity contribution in [2.45, 2.75) is 31.7 Å². The minimum atomic E-state index is -3.39. The first kappa shape index (κ1) is 45.2. The van der Waals surface area contributed by atoms with Crippen LogP contribution in [0.1, 0.15) is 46.4 Å². The predicted molar refractivity (Wildman–Crippen MR) is 246 cm³/mol. The lowest BCUT2D eigenvalue weighted by molar-refractivity contribution is -0.136. The Labute approximate surface area is 381 Å². The van der Waals surface area contributed by atoms with E-state index in [0.717, 1.165) is 62.4 Å². The molecule has 5 amide bonds. The Kier molecular flexibility index (Phi) is 13.2. The second kappa shape index (κ2) is 19.0. The number of nitrogens with zero attached hydrogens (tertiary/aromatic N) is 7. The fourth-order valence-electron chi connectivity index (χ4n) is 8.58. The largest absolute Gasteiger partial charge is 0.494 e. The van der Waals surface area contributed by atoms with Gasteiger partial charge in [-0.3, -0.25) is 43.4 Å². The number of halogens is 1. The first-order valence-electron chi connectivity index (χ1n) is 21.3. The van der Waals surface area contributed by atoms with Gasteiger partial charge in [0.2, 0.25) is 33.7 Å². The van der Waals surface area contributed by atoms with E-state index in [2.05, 4.69) is 45.9 Å². The number of hydrogen-bond acceptors (Lipinski definition) is 15. The molecule has 4 aliphatic rings. The molecule has 342 valence electrons. The number of aromatic nitrogens is 2. The number of hydrogen-bond donors (Lipinski definition) is 4. The van der Waals surface area contributed by atoms with Crippen LogP contribution in [-0.2, 0) is 24.4 Å². The van der Waals surface area contributed by atoms with E-state index in [1.54, 1.807) is 43.5 Å². The molecule has 0 radical (unpaired) electrons. The van der Waals surface area contributed by atoms with Crippen molar-refractivity contribution in [1.29, 1.82) is 0 Å². The summed E-state index contributed by atoms with van der Waals surface area (Å²) in [5.74, 6) is -0.905. The monoisotopic (exact) mass is 927 g/mol. The molecule has 1 atom stereocenters. The van der Waals surface area contributed by atoms with Crippen molar-refractivity contribution in [3.8, 4) is 5.75 Å². The van der Waals surface area contributed by atoms with Crippen molar-refractivity contribution in [1.82, 2.24) is 30.0 Å². The first-order chi connectivity index (χ1) is 31.1. The number of piperidine rings is 2. The molecule has 8 rings (SSSR count). The van der Waals surface area contributed by atoms with Crippen LogP contribution in [0.3, 0.4) is 0 Å². The molecule has 19 nitrogen and oxygen atoms in total. The highest BCUT2D eigenvalue weighted by Gasteiger charge is 2.46. The van der Waals surface area contributed by atoms with E-state index in [9.17, 15) is 32.4 Å². The lowest BCUT2D eigenvalue weighted by Gasteiger charge is -2.39. The molecule has 3 saturated heterocycles. The predicted octanol–water partition coefficient (Wildman–Crippen LogP) is 3.90. The van der Waals surface area contributed by atoms with Gasteiger partial charge in [0, 0.05) is 76.7 Å². The van der Waals surface area contributed by atoms with Gasteiger partial charge in [-0.2, -0.15) is 4.98 Å². The van der Waals surface area contributed by atoms with Crippen LogP contribution in [0.5, 0.6) is 5.75 Å². The Morgan fingerprint density at radius 1 is 0.908 bits per heavy atom. The van der Waals surface area contributed by atoms with Crippen molar-refractivity contribution in [3.63, 3.8) is 0 Å². The third kappa shape index (κ3) is 10.1. The number of anilines is 7. The van der Waals surface area contributed by atoms with Gasteiger partial charge in [0.1, 0.15) is 16.8 Å². The van der Waals surface area contributed by atoms with Gasteiger partial charge in [0.15, 0.2) is 5.82 Å². The van der Waals surface area contributed by atoms with E-state index >= 15 is 0 Å². The molecule has 0 saturated carbocycles. The summed E-state index contributed by atoms with van der Waals surface area (Å²) in [6, 6.07) is 16.4. The Balaban J connectivity index is 0.789. The summed E-state index contributed by atoms with van der Waals surface area (Å²) in [5.41, 5.74) is 3.29. The number of rotatable bonds is 14. The summed E-state index contributed by atoms with van der Waals surface area (Å²) in [5, 5.41) is 11.7. The number of nitrogens with one attached hydrogen (secondary N) is 4. The van der Waals surface area contributed by atoms with Crippen LogP contribution in [0, 0.1) is 5.92 Å². The smallest absolute Gasteiger partial charge is 0.264 e. The summed E-state index contributed by atoms with van der Waals surface area (Å²) in [4.78, 5) is 80.7. The van der Waals surface area contributed by atoms with Gasteiger partial charge in [0.25, 0.3) is 11.8 Å². The van der Waals surface area contributed by atoms with Gasteiger partial charge in [-0.05, 0) is 73.7 Å². The van der Waals surface area contributed by atoms with Gasteiger partial charge < -0.3 is 30.5 Å². The molecule has 3 aromatic carbocycles. The standard InChI is InChI=1S/C44H50ClN11O8S/c1-52(65(3,62)63)29-9-7-28(8-10-29)47-40-32(45)24-46-44(51-40)49-33-12-11-30(23-36(33)64-2)55-17-15-27(16-18-55)25-53-19-21-54(22-20-53)26-38(58)48-34-6-4-5-31-39(34)43(61)56(42(31)60)35-13-14-37(57)50-41(35)59/h4-12,23-24,27,35H,13-22,25-26H2,1-3H3,(H,48,58)(H,50,57,59)(H2,46,47,49,51). The van der Waals surface area contributed by atoms with Crippen LogP contribution in [0.4, 0.5) is 40.2 Å². The molecule has 5 heterocycles. The van der Waals surface area contributed by atoms with Gasteiger partial charge >= 0.3 is 0 Å². The SMILES string of the molecule is COc1cc(N2CCC(CN3CCN(CC(=O)Nc4cccc5c4C(=O)N(C4CCC(=O)NC4=O)C5=O)CC3)CC2)ccc1Nc1ncc(Cl)c(Nc2ccc(N(C)S(C)(=O)=O)cc2)n1. The van der Waals surface area contributed by atoms with Crippen molar-refractivity contribution < 1.29 is 37.1 Å². The third-order valence-corrected chi connectivity index (χ3v) is 13.7. The van der Waals surface area contributed by atoms with E-state index in [0.29, 0.717) is 58.6 Å². The number of fused-ring (bicyclic) bond motifs is 1. The van der Waals surface area contributed by atoms with Crippen LogP contribution < -0.4 is 35.2 Å². The number of sulfonamides is 1. The van der Waals surface area contributed by atoms with Crippen molar-refractivity contribution >= 4 is 91.4 Å². The van der Waals surface area contributed by atoms with Crippen LogP contribution in [0.2, 0.25) is 5.02 Å². The van der Waals surface area contributed by atoms with E-state index in [1.165, 1.54) is 23.6 Å². The fraction of sp³-hybridized carbons (Fsp3) is 0.386. The Hall–Kier alpha value is -6.35. The number of carbonyl (C=O) groups excluding carboxylic acids is 5. The highest BCUT2D eigenvalue weighted by atomic mass is 35.5. The van der Waals surface area contributed by atoms with E-state index in [1.807, 2.05) is 18.2 Å². The Morgan fingerprint density at radius 2 is 1.63 bits per heavy atom. The summed E-state index contributed by atoms with van der Waals surface area (Å²) >= 11 is 6.43. The molecular weight excluding hydrogens is 878 g/mol. The third-order valence-electron chi connectivity index (χ3n) is 12.2. The van der Waals surface area contributed by atoms with Gasteiger partial charge in [-0.1, -0.05) is 17.7 Å². The minimum absolute atomic E-state index is 0.0222. The molecule has 4 N–H and O–H groups in total. The van der Waals surface area contributed by atoms with Crippen LogP contribution in [-0.4, -0.2) is 141 Å². The molecule has 1 unspecified atom stereocenters. The average molecular weight is 928 g/mol. The van der Waals surface area contributed by atoms with Crippen LogP contribution >= 0.6 is 11.6 Å². The molecule has 1 aromatic heterocycles. The van der Waals surface area contributed by atoms with Crippen LogP contribution in [0.15, 0.2) is 66.9 Å². The number of imide groups is 2. The summed E-state index contributed by atoms with van der Waals surface area (Å²) < 4.78 is 30.8. The maximum atomic E-state index is 13.4. The number of piperazine rings is 1. The van der Waals surface area contributed by atoms with E-state index < -0.39 is 39.7 Å². The number of amides is 5. The van der Waals surface area contributed by atoms with E-state index in [4.69, 9.17) is 16.3 Å². The fourth-order valence-corrected chi connectivity index (χ4v) is 9.22. The summed E-state index contributed by atoms with van der Waals surface area (Å²) in [7, 11) is -0.289. The average Bonchev–Trinajstić information content (AvgIpc) is 3.54. The zero-order valence-corrected chi connectivity index (χ0v) is 37.7.